The van der Waals surface area contributed by atoms with Gasteiger partial charge in [-0.2, -0.15) is 5.10 Å². The molecule has 0 saturated heterocycles. The van der Waals surface area contributed by atoms with E-state index in [4.69, 9.17) is 0 Å². The van der Waals surface area contributed by atoms with Crippen LogP contribution < -0.4 is 0 Å². The van der Waals surface area contributed by atoms with Crippen molar-refractivity contribution in [2.24, 2.45) is 0 Å². The van der Waals surface area contributed by atoms with E-state index >= 15 is 0 Å². The fourth-order valence-corrected chi connectivity index (χ4v) is 1.21. The predicted octanol–water partition coefficient (Wildman–Crippen LogP) is 0.824. The van der Waals surface area contributed by atoms with Crippen molar-refractivity contribution in [3.63, 3.8) is 0 Å². The van der Waals surface area contributed by atoms with Crippen molar-refractivity contribution in [3.8, 4) is 0 Å². The van der Waals surface area contributed by atoms with Gasteiger partial charge >= 0.3 is 5.97 Å². The maximum absolute atomic E-state index is 11.3. The van der Waals surface area contributed by atoms with E-state index in [0.29, 0.717) is 11.2 Å². The van der Waals surface area contributed by atoms with Crippen molar-refractivity contribution in [3.05, 3.63) is 29.7 Å². The highest BCUT2D eigenvalue weighted by Gasteiger charge is 2.13. The van der Waals surface area contributed by atoms with Crippen LogP contribution in [0.5, 0.6) is 0 Å². The van der Waals surface area contributed by atoms with Crippen molar-refractivity contribution >= 4 is 11.6 Å². The number of nitrogens with zero attached hydrogens (tertiary/aromatic N) is 3. The van der Waals surface area contributed by atoms with E-state index in [0.717, 1.165) is 5.69 Å². The molecule has 0 amide bonds. The number of esters is 1. The maximum atomic E-state index is 11.3. The van der Waals surface area contributed by atoms with Gasteiger partial charge < -0.3 is 4.74 Å². The number of ether oxygens (including phenoxy) is 1. The van der Waals surface area contributed by atoms with Crippen molar-refractivity contribution in [2.45, 2.75) is 6.92 Å². The van der Waals surface area contributed by atoms with Crippen LogP contribution in [0.3, 0.4) is 0 Å². The SMILES string of the molecule is COC(=O)c1cnn2ccc(C)nc12. The maximum Gasteiger partial charge on any atom is 0.343 e. The third-order valence-electron chi connectivity index (χ3n) is 1.91. The Kier molecular flexibility index (Phi) is 1.92. The van der Waals surface area contributed by atoms with Gasteiger partial charge in [-0.15, -0.1) is 0 Å². The lowest BCUT2D eigenvalue weighted by molar-refractivity contribution is 0.0602. The van der Waals surface area contributed by atoms with E-state index in [1.807, 2.05) is 13.0 Å². The summed E-state index contributed by atoms with van der Waals surface area (Å²) in [5.74, 6) is -0.418. The molecule has 5 heteroatoms. The first-order chi connectivity index (χ1) is 6.72. The van der Waals surface area contributed by atoms with Crippen LogP contribution in [0.15, 0.2) is 18.5 Å². The van der Waals surface area contributed by atoms with Gasteiger partial charge in [-0.05, 0) is 13.0 Å². The Labute approximate surface area is 80.3 Å². The van der Waals surface area contributed by atoms with Gasteiger partial charge in [-0.25, -0.2) is 14.3 Å². The van der Waals surface area contributed by atoms with Crippen LogP contribution >= 0.6 is 0 Å². The summed E-state index contributed by atoms with van der Waals surface area (Å²) < 4.78 is 6.15. The largest absolute Gasteiger partial charge is 0.465 e. The van der Waals surface area contributed by atoms with E-state index in [1.54, 1.807) is 10.7 Å². The Morgan fingerprint density at radius 3 is 3.07 bits per heavy atom. The Morgan fingerprint density at radius 2 is 2.36 bits per heavy atom. The van der Waals surface area contributed by atoms with Crippen molar-refractivity contribution in [1.29, 1.82) is 0 Å². The molecule has 14 heavy (non-hydrogen) atoms. The van der Waals surface area contributed by atoms with Crippen LogP contribution in [0.25, 0.3) is 5.65 Å². The summed E-state index contributed by atoms with van der Waals surface area (Å²) in [6, 6.07) is 1.82. The fourth-order valence-electron chi connectivity index (χ4n) is 1.21. The molecule has 0 saturated carbocycles. The van der Waals surface area contributed by atoms with Crippen LogP contribution in [0, 0.1) is 6.92 Å². The molecule has 72 valence electrons. The highest BCUT2D eigenvalue weighted by Crippen LogP contribution is 2.09. The van der Waals surface area contributed by atoms with Crippen molar-refractivity contribution in [1.82, 2.24) is 14.6 Å². The average Bonchev–Trinajstić information content (AvgIpc) is 2.59. The second kappa shape index (κ2) is 3.10. The third-order valence-corrected chi connectivity index (χ3v) is 1.91. The Balaban J connectivity index is 2.67. The van der Waals surface area contributed by atoms with Gasteiger partial charge in [0.25, 0.3) is 0 Å². The number of hydrogen-bond donors (Lipinski definition) is 0. The number of hydrogen-bond acceptors (Lipinski definition) is 4. The minimum absolute atomic E-state index is 0.385. The molecule has 0 unspecified atom stereocenters. The molecule has 0 fully saturated rings. The summed E-state index contributed by atoms with van der Waals surface area (Å²) in [4.78, 5) is 15.5. The molecular formula is C9H9N3O2. The lowest BCUT2D eigenvalue weighted by Crippen LogP contribution is -2.02. The molecule has 0 N–H and O–H groups in total. The lowest BCUT2D eigenvalue weighted by atomic mass is 10.3. The summed E-state index contributed by atoms with van der Waals surface area (Å²) in [5, 5.41) is 3.98. The molecule has 2 rings (SSSR count). The van der Waals surface area contributed by atoms with Gasteiger partial charge in [0.05, 0.1) is 13.3 Å². The average molecular weight is 191 g/mol. The smallest absolute Gasteiger partial charge is 0.343 e. The van der Waals surface area contributed by atoms with Crippen LogP contribution in [0.4, 0.5) is 0 Å². The number of carbonyl (C=O) groups excluding carboxylic acids is 1. The van der Waals surface area contributed by atoms with Gasteiger partial charge in [0, 0.05) is 11.9 Å². The summed E-state index contributed by atoms with van der Waals surface area (Å²) in [6.45, 7) is 1.86. The quantitative estimate of drug-likeness (QED) is 0.626. The number of carbonyl (C=O) groups is 1. The molecule has 0 radical (unpaired) electrons. The van der Waals surface area contributed by atoms with Gasteiger partial charge in [0.2, 0.25) is 0 Å². The topological polar surface area (TPSA) is 56.5 Å². The van der Waals surface area contributed by atoms with Crippen molar-refractivity contribution in [2.75, 3.05) is 7.11 Å². The van der Waals surface area contributed by atoms with Crippen LogP contribution in [0.2, 0.25) is 0 Å². The molecule has 0 aromatic carbocycles. The van der Waals surface area contributed by atoms with Crippen LogP contribution in [0.1, 0.15) is 16.1 Å². The monoisotopic (exact) mass is 191 g/mol. The van der Waals surface area contributed by atoms with Gasteiger partial charge in [0.1, 0.15) is 5.56 Å². The van der Waals surface area contributed by atoms with Gasteiger partial charge in [0.15, 0.2) is 5.65 Å². The van der Waals surface area contributed by atoms with E-state index < -0.39 is 5.97 Å². The number of aromatic nitrogens is 3. The zero-order valence-corrected chi connectivity index (χ0v) is 7.89. The molecule has 0 bridgehead atoms. The number of fused-ring (bicyclic) bond motifs is 1. The molecule has 0 aliphatic carbocycles. The number of rotatable bonds is 1. The fraction of sp³-hybridized carbons (Fsp3) is 0.222. The first kappa shape index (κ1) is 8.68. The molecule has 2 aromatic rings. The molecule has 0 atom stereocenters. The van der Waals surface area contributed by atoms with Gasteiger partial charge in [-0.3, -0.25) is 0 Å². The zero-order valence-electron chi connectivity index (χ0n) is 7.89. The summed E-state index contributed by atoms with van der Waals surface area (Å²) in [7, 11) is 1.33. The van der Waals surface area contributed by atoms with E-state index in [9.17, 15) is 4.79 Å². The van der Waals surface area contributed by atoms with Crippen LogP contribution in [-0.4, -0.2) is 27.7 Å². The molecule has 2 aromatic heterocycles. The Bertz CT molecular complexity index is 490. The number of methoxy groups -OCH3 is 1. The summed E-state index contributed by atoms with van der Waals surface area (Å²) in [6.07, 6.45) is 3.21. The Hall–Kier alpha value is -1.91. The molecular weight excluding hydrogens is 182 g/mol. The second-order valence-corrected chi connectivity index (χ2v) is 2.89. The minimum Gasteiger partial charge on any atom is -0.465 e. The van der Waals surface area contributed by atoms with E-state index in [-0.39, 0.29) is 0 Å². The standard InChI is InChI=1S/C9H9N3O2/c1-6-3-4-12-8(11-6)7(5-10-12)9(13)14-2/h3-5H,1-2H3. The molecule has 0 spiro atoms. The Morgan fingerprint density at radius 1 is 1.57 bits per heavy atom. The zero-order chi connectivity index (χ0) is 10.1. The first-order valence-electron chi connectivity index (χ1n) is 4.11. The predicted molar refractivity (Wildman–Crippen MR) is 49.1 cm³/mol. The summed E-state index contributed by atoms with van der Waals surface area (Å²) >= 11 is 0. The second-order valence-electron chi connectivity index (χ2n) is 2.89. The van der Waals surface area contributed by atoms with Crippen LogP contribution in [-0.2, 0) is 4.74 Å². The molecule has 0 aliphatic heterocycles. The lowest BCUT2D eigenvalue weighted by Gasteiger charge is -1.97. The first-order valence-corrected chi connectivity index (χ1v) is 4.11. The van der Waals surface area contributed by atoms with Crippen molar-refractivity contribution < 1.29 is 9.53 Å². The number of aryl methyl sites for hydroxylation is 1. The highest BCUT2D eigenvalue weighted by atomic mass is 16.5. The normalized spacial score (nSPS) is 10.4. The molecule has 0 aliphatic rings. The van der Waals surface area contributed by atoms with E-state index in [2.05, 4.69) is 14.8 Å². The third kappa shape index (κ3) is 1.22. The van der Waals surface area contributed by atoms with Gasteiger partial charge in [-0.1, -0.05) is 0 Å². The molecule has 5 nitrogen and oxygen atoms in total. The van der Waals surface area contributed by atoms with E-state index in [1.165, 1.54) is 13.3 Å². The molecule has 2 heterocycles. The summed E-state index contributed by atoms with van der Waals surface area (Å²) in [5.41, 5.74) is 1.75. The highest BCUT2D eigenvalue weighted by molar-refractivity contribution is 5.95. The minimum atomic E-state index is -0.418.